The van der Waals surface area contributed by atoms with Crippen LogP contribution in [0.5, 0.6) is 0 Å². The van der Waals surface area contributed by atoms with Crippen molar-refractivity contribution in [3.05, 3.63) is 59.9 Å². The van der Waals surface area contributed by atoms with E-state index in [9.17, 15) is 13.2 Å². The molecule has 2 unspecified atom stereocenters. The molecule has 0 aromatic carbocycles. The van der Waals surface area contributed by atoms with Crippen LogP contribution in [-0.2, 0) is 28.9 Å². The van der Waals surface area contributed by atoms with Gasteiger partial charge in [-0.05, 0) is 96.5 Å². The van der Waals surface area contributed by atoms with Gasteiger partial charge in [0, 0.05) is 11.6 Å². The zero-order valence-electron chi connectivity index (χ0n) is 23.6. The van der Waals surface area contributed by atoms with Crippen molar-refractivity contribution in [3.8, 4) is 0 Å². The van der Waals surface area contributed by atoms with Crippen molar-refractivity contribution in [3.63, 3.8) is 0 Å². The van der Waals surface area contributed by atoms with Crippen LogP contribution in [0.4, 0.5) is 0 Å². The van der Waals surface area contributed by atoms with E-state index in [1.54, 1.807) is 32.2 Å². The average molecular weight is 553 g/mol. The summed E-state index contributed by atoms with van der Waals surface area (Å²) in [6.45, 7) is 11.9. The molecule has 1 saturated heterocycles. The van der Waals surface area contributed by atoms with Crippen LogP contribution in [0, 0.1) is 5.92 Å². The second kappa shape index (κ2) is 9.75. The quantitative estimate of drug-likeness (QED) is 0.357. The fourth-order valence-electron chi connectivity index (χ4n) is 5.30. The normalized spacial score (nSPS) is 26.4. The molecule has 1 aliphatic heterocycles. The van der Waals surface area contributed by atoms with E-state index in [-0.39, 0.29) is 18.3 Å². The Bertz CT molecular complexity index is 1490. The first-order valence-corrected chi connectivity index (χ1v) is 15.1. The number of carbonyl (C=O) groups is 1. The highest BCUT2D eigenvalue weighted by Gasteiger charge is 2.53. The van der Waals surface area contributed by atoms with E-state index in [2.05, 4.69) is 4.98 Å². The molecule has 0 radical (unpaired) electrons. The van der Waals surface area contributed by atoms with Crippen molar-refractivity contribution in [2.24, 2.45) is 5.92 Å². The molecular weight excluding hydrogens is 515 g/mol. The van der Waals surface area contributed by atoms with Crippen molar-refractivity contribution in [1.29, 1.82) is 0 Å². The monoisotopic (exact) mass is 552 g/mol. The first kappa shape index (κ1) is 27.9. The maximum absolute atomic E-state index is 14.4. The lowest BCUT2D eigenvalue weighted by atomic mass is 9.74. The first-order valence-electron chi connectivity index (χ1n) is 13.6. The number of hydrogen-bond donors (Lipinski definition) is 0. The van der Waals surface area contributed by atoms with E-state index < -0.39 is 33.1 Å². The van der Waals surface area contributed by atoms with Crippen LogP contribution in [0.25, 0.3) is 16.6 Å². The summed E-state index contributed by atoms with van der Waals surface area (Å²) in [7, 11) is -4.50. The van der Waals surface area contributed by atoms with Gasteiger partial charge in [-0.25, -0.2) is 17.4 Å². The molecule has 208 valence electrons. The topological polar surface area (TPSA) is 96.7 Å². The molecule has 0 saturated carbocycles. The molecule has 2 aliphatic carbocycles. The fourth-order valence-corrected chi connectivity index (χ4v) is 7.06. The van der Waals surface area contributed by atoms with Crippen LogP contribution in [0.2, 0.25) is 0 Å². The van der Waals surface area contributed by atoms with Crippen molar-refractivity contribution < 1.29 is 27.3 Å². The molecule has 2 atom stereocenters. The SMILES string of the molecule is CCOC(=O)C1CC=C(c2cc3cccnc3n2S(=O)(=O)C2(C)C=CC(B3OC(C)(C)C(C)(C)O3)=CC2)CC1. The minimum atomic E-state index is -3.95. The Morgan fingerprint density at radius 3 is 2.49 bits per heavy atom. The predicted octanol–water partition coefficient (Wildman–Crippen LogP) is 5.24. The number of fused-ring (bicyclic) bond motifs is 1. The Labute approximate surface area is 231 Å². The number of hydrogen-bond acceptors (Lipinski definition) is 7. The van der Waals surface area contributed by atoms with Gasteiger partial charge in [-0.3, -0.25) is 4.79 Å². The van der Waals surface area contributed by atoms with Crippen LogP contribution >= 0.6 is 0 Å². The van der Waals surface area contributed by atoms with E-state index in [0.29, 0.717) is 37.2 Å². The van der Waals surface area contributed by atoms with Gasteiger partial charge < -0.3 is 14.0 Å². The second-order valence-corrected chi connectivity index (χ2v) is 14.1. The number of ether oxygens (including phenoxy) is 1. The molecule has 2 aromatic rings. The van der Waals surface area contributed by atoms with Crippen LogP contribution in [0.15, 0.2) is 54.2 Å². The van der Waals surface area contributed by atoms with Gasteiger partial charge in [-0.2, -0.15) is 0 Å². The van der Waals surface area contributed by atoms with E-state index >= 15 is 0 Å². The van der Waals surface area contributed by atoms with Gasteiger partial charge in [0.1, 0.15) is 4.75 Å². The van der Waals surface area contributed by atoms with E-state index in [1.165, 1.54) is 3.97 Å². The van der Waals surface area contributed by atoms with Crippen LogP contribution < -0.4 is 0 Å². The third-order valence-corrected chi connectivity index (χ3v) is 10.9. The van der Waals surface area contributed by atoms with E-state index in [1.807, 2.05) is 58.1 Å². The minimum absolute atomic E-state index is 0.202. The number of pyridine rings is 1. The molecule has 1 fully saturated rings. The van der Waals surface area contributed by atoms with Crippen LogP contribution in [0.1, 0.15) is 72.9 Å². The average Bonchev–Trinajstić information content (AvgIpc) is 3.38. The highest BCUT2D eigenvalue weighted by atomic mass is 32.2. The highest BCUT2D eigenvalue weighted by molar-refractivity contribution is 7.91. The van der Waals surface area contributed by atoms with E-state index in [4.69, 9.17) is 14.0 Å². The molecule has 10 heteroatoms. The Hall–Kier alpha value is -2.69. The van der Waals surface area contributed by atoms with Gasteiger partial charge in [0.15, 0.2) is 5.65 Å². The molecule has 5 rings (SSSR count). The van der Waals surface area contributed by atoms with Gasteiger partial charge in [0.05, 0.1) is 29.4 Å². The number of carbonyl (C=O) groups excluding carboxylic acids is 1. The number of nitrogens with zero attached hydrogens (tertiary/aromatic N) is 2. The Kier molecular flexibility index (Phi) is 6.96. The van der Waals surface area contributed by atoms with Crippen molar-refractivity contribution >= 4 is 39.7 Å². The predicted molar refractivity (Wildman–Crippen MR) is 152 cm³/mol. The lowest BCUT2D eigenvalue weighted by molar-refractivity contribution is -0.148. The van der Waals surface area contributed by atoms with Gasteiger partial charge in [-0.1, -0.05) is 24.3 Å². The molecule has 39 heavy (non-hydrogen) atoms. The summed E-state index contributed by atoms with van der Waals surface area (Å²) in [5.41, 5.74) is 1.75. The number of esters is 1. The third kappa shape index (κ3) is 4.70. The Balaban J connectivity index is 1.48. The number of aromatic nitrogens is 2. The lowest BCUT2D eigenvalue weighted by Gasteiger charge is -2.32. The Morgan fingerprint density at radius 1 is 1.18 bits per heavy atom. The largest absolute Gasteiger partial charge is 0.494 e. The van der Waals surface area contributed by atoms with Gasteiger partial charge in [0.25, 0.3) is 0 Å². The smallest absolute Gasteiger partial charge is 0.466 e. The maximum atomic E-state index is 14.4. The Morgan fingerprint density at radius 2 is 1.90 bits per heavy atom. The molecule has 3 aliphatic rings. The maximum Gasteiger partial charge on any atom is 0.494 e. The molecule has 2 aromatic heterocycles. The summed E-state index contributed by atoms with van der Waals surface area (Å²) >= 11 is 0. The van der Waals surface area contributed by atoms with Crippen LogP contribution in [0.3, 0.4) is 0 Å². The fraction of sp³-hybridized carbons (Fsp3) is 0.517. The van der Waals surface area contributed by atoms with Crippen molar-refractivity contribution in [2.45, 2.75) is 83.2 Å². The second-order valence-electron chi connectivity index (χ2n) is 11.8. The summed E-state index contributed by atoms with van der Waals surface area (Å²) in [6.07, 6.45) is 11.0. The molecule has 8 nitrogen and oxygen atoms in total. The van der Waals surface area contributed by atoms with Gasteiger partial charge in [-0.15, -0.1) is 0 Å². The third-order valence-electron chi connectivity index (χ3n) is 8.61. The zero-order valence-corrected chi connectivity index (χ0v) is 24.4. The molecule has 0 N–H and O–H groups in total. The number of rotatable bonds is 6. The molecule has 0 spiro atoms. The lowest BCUT2D eigenvalue weighted by Crippen LogP contribution is -2.41. The molecule has 0 amide bonds. The van der Waals surface area contributed by atoms with Gasteiger partial charge in [0.2, 0.25) is 10.0 Å². The summed E-state index contributed by atoms with van der Waals surface area (Å²) in [5, 5.41) is 0.751. The minimum Gasteiger partial charge on any atom is -0.466 e. The molecular formula is C29H37BN2O6S. The summed E-state index contributed by atoms with van der Waals surface area (Å²) in [5.74, 6) is -0.411. The zero-order chi connectivity index (χ0) is 28.2. The van der Waals surface area contributed by atoms with Crippen molar-refractivity contribution in [1.82, 2.24) is 8.96 Å². The standard InChI is InChI=1S/C29H37BN2O6S/c1-7-36-26(33)21-12-10-20(11-13-21)24-19-22-9-8-18-31-25(22)32(24)39(34,35)29(6)16-14-23(15-17-29)30-37-27(2,3)28(4,5)38-30/h8-10,14-16,18-19,21H,7,11-13,17H2,1-6H3. The summed E-state index contributed by atoms with van der Waals surface area (Å²) in [4.78, 5) is 16.7. The summed E-state index contributed by atoms with van der Waals surface area (Å²) in [6, 6.07) is 5.56. The van der Waals surface area contributed by atoms with Crippen molar-refractivity contribution in [2.75, 3.05) is 6.61 Å². The highest BCUT2D eigenvalue weighted by Crippen LogP contribution is 2.42. The number of allylic oxidation sites excluding steroid dienone is 5. The molecule has 3 heterocycles. The van der Waals surface area contributed by atoms with Crippen LogP contribution in [-0.4, -0.2) is 53.0 Å². The molecule has 0 bridgehead atoms. The van der Waals surface area contributed by atoms with Gasteiger partial charge >= 0.3 is 13.1 Å². The summed E-state index contributed by atoms with van der Waals surface area (Å²) < 4.78 is 46.6. The first-order chi connectivity index (χ1) is 18.3. The van der Waals surface area contributed by atoms with E-state index in [0.717, 1.165) is 16.4 Å².